The van der Waals surface area contributed by atoms with Crippen LogP contribution in [0.4, 0.5) is 0 Å². The summed E-state index contributed by atoms with van der Waals surface area (Å²) < 4.78 is 0. The molecule has 6 atom stereocenters. The van der Waals surface area contributed by atoms with E-state index in [0.29, 0.717) is 18.5 Å². The molecule has 2 heterocycles. The van der Waals surface area contributed by atoms with E-state index in [4.69, 9.17) is 23.2 Å². The lowest BCUT2D eigenvalue weighted by atomic mass is 10.0. The Kier molecular flexibility index (Phi) is 9.92. The van der Waals surface area contributed by atoms with E-state index in [1.807, 2.05) is 24.3 Å². The molecule has 0 amide bonds. The number of aliphatic hydroxyl groups is 2. The van der Waals surface area contributed by atoms with Crippen LogP contribution in [0.25, 0.3) is 0 Å². The van der Waals surface area contributed by atoms with Crippen LogP contribution in [0.15, 0.2) is 48.5 Å². The standard InChI is InChI=1S/C29H42Cl2N4O2/c1-20-16-34(22(3)14-32(20)18-24-5-9-26(30)10-6-24)28(36)13-29(37)35-17-21(2)33(15-23(35)4)19-25-7-11-27(31)12-8-25/h5-12,20-23,28-29,36-37H,13-19H2,1-4H3. The van der Waals surface area contributed by atoms with Crippen molar-refractivity contribution in [3.63, 3.8) is 0 Å². The van der Waals surface area contributed by atoms with Gasteiger partial charge in [-0.2, -0.15) is 0 Å². The molecular weight excluding hydrogens is 507 g/mol. The highest BCUT2D eigenvalue weighted by molar-refractivity contribution is 6.30. The molecule has 2 aliphatic rings. The minimum atomic E-state index is -0.681. The zero-order valence-corrected chi connectivity index (χ0v) is 24.0. The van der Waals surface area contributed by atoms with Crippen LogP contribution < -0.4 is 0 Å². The number of rotatable bonds is 8. The van der Waals surface area contributed by atoms with Gasteiger partial charge in [0, 0.05) is 79.9 Å². The number of piperazine rings is 2. The van der Waals surface area contributed by atoms with Crippen molar-refractivity contribution in [2.45, 2.75) is 83.8 Å². The van der Waals surface area contributed by atoms with Gasteiger partial charge in [0.15, 0.2) is 0 Å². The van der Waals surface area contributed by atoms with E-state index in [1.165, 1.54) is 11.1 Å². The van der Waals surface area contributed by atoms with Gasteiger partial charge < -0.3 is 10.2 Å². The van der Waals surface area contributed by atoms with Crippen LogP contribution in [0.1, 0.15) is 45.2 Å². The van der Waals surface area contributed by atoms with Gasteiger partial charge in [-0.25, -0.2) is 0 Å². The van der Waals surface area contributed by atoms with Gasteiger partial charge in [0.1, 0.15) is 12.5 Å². The number of halogens is 2. The Morgan fingerprint density at radius 1 is 0.622 bits per heavy atom. The highest BCUT2D eigenvalue weighted by Gasteiger charge is 2.37. The Labute approximate surface area is 232 Å². The molecule has 2 aromatic rings. The SMILES string of the molecule is CC1CN(C(O)CC(O)N2CC(C)N(Cc3ccc(Cl)cc3)CC2C)C(C)CN1Cc1ccc(Cl)cc1. The Bertz CT molecular complexity index is 913. The summed E-state index contributed by atoms with van der Waals surface area (Å²) in [4.78, 5) is 9.21. The molecule has 2 fully saturated rings. The molecule has 0 aliphatic carbocycles. The molecule has 6 unspecified atom stereocenters. The molecular formula is C29H42Cl2N4O2. The van der Waals surface area contributed by atoms with Crippen LogP contribution in [-0.4, -0.2) is 92.6 Å². The van der Waals surface area contributed by atoms with Crippen LogP contribution in [0.5, 0.6) is 0 Å². The summed E-state index contributed by atoms with van der Waals surface area (Å²) in [7, 11) is 0. The third-order valence-electron chi connectivity index (χ3n) is 8.11. The molecule has 0 aromatic heterocycles. The van der Waals surface area contributed by atoms with Gasteiger partial charge in [-0.05, 0) is 63.1 Å². The maximum absolute atomic E-state index is 11.2. The predicted molar refractivity (Wildman–Crippen MR) is 152 cm³/mol. The molecule has 8 heteroatoms. The van der Waals surface area contributed by atoms with Gasteiger partial charge in [-0.3, -0.25) is 19.6 Å². The highest BCUT2D eigenvalue weighted by Crippen LogP contribution is 2.25. The third kappa shape index (κ3) is 7.46. The number of hydrogen-bond acceptors (Lipinski definition) is 6. The van der Waals surface area contributed by atoms with E-state index >= 15 is 0 Å². The Morgan fingerprint density at radius 3 is 1.32 bits per heavy atom. The first kappa shape index (κ1) is 28.8. The Hall–Kier alpha value is -1.22. The summed E-state index contributed by atoms with van der Waals surface area (Å²) in [5, 5.41) is 23.9. The largest absolute Gasteiger partial charge is 0.378 e. The number of nitrogens with zero attached hydrogens (tertiary/aromatic N) is 4. The van der Waals surface area contributed by atoms with E-state index in [9.17, 15) is 10.2 Å². The fraction of sp³-hybridized carbons (Fsp3) is 0.586. The van der Waals surface area contributed by atoms with Gasteiger partial charge in [-0.15, -0.1) is 0 Å². The maximum atomic E-state index is 11.2. The van der Waals surface area contributed by atoms with Crippen molar-refractivity contribution >= 4 is 23.2 Å². The van der Waals surface area contributed by atoms with Crippen LogP contribution >= 0.6 is 23.2 Å². The van der Waals surface area contributed by atoms with Crippen LogP contribution in [-0.2, 0) is 13.1 Å². The molecule has 0 saturated carbocycles. The summed E-state index contributed by atoms with van der Waals surface area (Å²) in [6.07, 6.45) is -1.04. The molecule has 0 spiro atoms. The van der Waals surface area contributed by atoms with Gasteiger partial charge >= 0.3 is 0 Å². The van der Waals surface area contributed by atoms with Crippen molar-refractivity contribution in [1.82, 2.24) is 19.6 Å². The summed E-state index contributed by atoms with van der Waals surface area (Å²) in [6.45, 7) is 13.8. The van der Waals surface area contributed by atoms with Crippen molar-refractivity contribution in [1.29, 1.82) is 0 Å². The predicted octanol–water partition coefficient (Wildman–Crippen LogP) is 4.51. The minimum Gasteiger partial charge on any atom is -0.378 e. The van der Waals surface area contributed by atoms with E-state index in [0.717, 1.165) is 49.3 Å². The van der Waals surface area contributed by atoms with Crippen molar-refractivity contribution in [3.8, 4) is 0 Å². The first-order valence-corrected chi connectivity index (χ1v) is 14.2. The molecule has 37 heavy (non-hydrogen) atoms. The van der Waals surface area contributed by atoms with E-state index in [1.54, 1.807) is 0 Å². The lowest BCUT2D eigenvalue weighted by molar-refractivity contribution is -0.131. The minimum absolute atomic E-state index is 0.193. The fourth-order valence-corrected chi connectivity index (χ4v) is 6.08. The molecule has 0 bridgehead atoms. The summed E-state index contributed by atoms with van der Waals surface area (Å²) in [6, 6.07) is 17.0. The topological polar surface area (TPSA) is 53.4 Å². The van der Waals surface area contributed by atoms with Crippen molar-refractivity contribution in [2.24, 2.45) is 0 Å². The number of aliphatic hydroxyl groups excluding tert-OH is 2. The molecule has 2 saturated heterocycles. The summed E-state index contributed by atoms with van der Waals surface area (Å²) in [5.74, 6) is 0. The molecule has 2 aromatic carbocycles. The first-order valence-electron chi connectivity index (χ1n) is 13.4. The van der Waals surface area contributed by atoms with E-state index in [-0.39, 0.29) is 12.1 Å². The average molecular weight is 550 g/mol. The lowest BCUT2D eigenvalue weighted by Gasteiger charge is -2.48. The molecule has 0 radical (unpaired) electrons. The fourth-order valence-electron chi connectivity index (χ4n) is 5.83. The monoisotopic (exact) mass is 548 g/mol. The Balaban J connectivity index is 1.29. The van der Waals surface area contributed by atoms with Gasteiger partial charge in [0.25, 0.3) is 0 Å². The zero-order valence-electron chi connectivity index (χ0n) is 22.5. The van der Waals surface area contributed by atoms with Crippen LogP contribution in [0, 0.1) is 0 Å². The van der Waals surface area contributed by atoms with Crippen molar-refractivity contribution in [3.05, 3.63) is 69.7 Å². The highest BCUT2D eigenvalue weighted by atomic mass is 35.5. The average Bonchev–Trinajstić information content (AvgIpc) is 2.85. The molecule has 6 nitrogen and oxygen atoms in total. The second-order valence-electron chi connectivity index (χ2n) is 11.1. The van der Waals surface area contributed by atoms with E-state index in [2.05, 4.69) is 71.6 Å². The third-order valence-corrected chi connectivity index (χ3v) is 8.62. The van der Waals surface area contributed by atoms with Gasteiger partial charge in [0.2, 0.25) is 0 Å². The van der Waals surface area contributed by atoms with Crippen LogP contribution in [0.3, 0.4) is 0 Å². The number of hydrogen-bond donors (Lipinski definition) is 2. The second-order valence-corrected chi connectivity index (χ2v) is 12.0. The summed E-state index contributed by atoms with van der Waals surface area (Å²) in [5.41, 5.74) is 2.48. The molecule has 2 N–H and O–H groups in total. The summed E-state index contributed by atoms with van der Waals surface area (Å²) >= 11 is 12.1. The molecule has 2 aliphatic heterocycles. The van der Waals surface area contributed by atoms with Crippen molar-refractivity contribution < 1.29 is 10.2 Å². The Morgan fingerprint density at radius 2 is 0.973 bits per heavy atom. The van der Waals surface area contributed by atoms with Gasteiger partial charge in [0.05, 0.1) is 0 Å². The maximum Gasteiger partial charge on any atom is 0.111 e. The second kappa shape index (κ2) is 12.8. The van der Waals surface area contributed by atoms with Gasteiger partial charge in [-0.1, -0.05) is 47.5 Å². The smallest absolute Gasteiger partial charge is 0.111 e. The van der Waals surface area contributed by atoms with E-state index < -0.39 is 12.5 Å². The quantitative estimate of drug-likeness (QED) is 0.506. The lowest BCUT2D eigenvalue weighted by Crippen LogP contribution is -2.61. The van der Waals surface area contributed by atoms with Crippen LogP contribution in [0.2, 0.25) is 10.0 Å². The normalized spacial score (nSPS) is 28.3. The number of benzene rings is 2. The molecule has 4 rings (SSSR count). The molecule has 204 valence electrons. The zero-order chi connectivity index (χ0) is 26.7. The first-order chi connectivity index (χ1) is 17.6. The van der Waals surface area contributed by atoms with Crippen molar-refractivity contribution in [2.75, 3.05) is 26.2 Å².